The van der Waals surface area contributed by atoms with Gasteiger partial charge in [0.25, 0.3) is 10.0 Å². The topological polar surface area (TPSA) is 98.3 Å². The van der Waals surface area contributed by atoms with Crippen LogP contribution < -0.4 is 5.73 Å². The van der Waals surface area contributed by atoms with E-state index in [2.05, 4.69) is 4.98 Å². The Labute approximate surface area is 104 Å². The average molecular weight is 281 g/mol. The van der Waals surface area contributed by atoms with Crippen LogP contribution in [0.4, 0.5) is 0 Å². The van der Waals surface area contributed by atoms with Gasteiger partial charge < -0.3 is 10.3 Å². The molecular weight excluding hydrogens is 268 g/mol. The first-order valence-corrected chi connectivity index (χ1v) is 6.57. The number of halogens is 1. The summed E-state index contributed by atoms with van der Waals surface area (Å²) in [6.45, 7) is 1.31. The van der Waals surface area contributed by atoms with Crippen LogP contribution in [0.3, 0.4) is 0 Å². The molecule has 1 amide bonds. The van der Waals surface area contributed by atoms with Crippen molar-refractivity contribution >= 4 is 27.5 Å². The number of imidazole rings is 1. The van der Waals surface area contributed by atoms with Crippen LogP contribution >= 0.6 is 11.6 Å². The third kappa shape index (κ3) is 2.76. The maximum atomic E-state index is 12.1. The lowest BCUT2D eigenvalue weighted by atomic mass is 10.6. The Morgan fingerprint density at radius 2 is 2.24 bits per heavy atom. The summed E-state index contributed by atoms with van der Waals surface area (Å²) in [4.78, 5) is 14.5. The summed E-state index contributed by atoms with van der Waals surface area (Å²) in [5, 5.41) is -0.280. The minimum Gasteiger partial charge on any atom is -0.369 e. The molecule has 17 heavy (non-hydrogen) atoms. The molecule has 0 unspecified atom stereocenters. The molecule has 2 N–H and O–H groups in total. The second-order valence-electron chi connectivity index (χ2n) is 3.35. The molecule has 0 aliphatic carbocycles. The molecule has 0 bridgehead atoms. The molecule has 0 fully saturated rings. The Morgan fingerprint density at radius 3 is 2.59 bits per heavy atom. The zero-order valence-electron chi connectivity index (χ0n) is 9.42. The van der Waals surface area contributed by atoms with Crippen molar-refractivity contribution < 1.29 is 13.2 Å². The van der Waals surface area contributed by atoms with Crippen molar-refractivity contribution in [3.05, 3.63) is 11.5 Å². The Morgan fingerprint density at radius 1 is 1.65 bits per heavy atom. The van der Waals surface area contributed by atoms with Crippen LogP contribution in [0.5, 0.6) is 0 Å². The molecular formula is C8H13ClN4O3S. The highest BCUT2D eigenvalue weighted by atomic mass is 35.5. The molecule has 0 atom stereocenters. The fraction of sp³-hybridized carbons (Fsp3) is 0.500. The molecule has 0 aliphatic heterocycles. The molecule has 9 heteroatoms. The van der Waals surface area contributed by atoms with Gasteiger partial charge in [-0.25, -0.2) is 13.4 Å². The van der Waals surface area contributed by atoms with Gasteiger partial charge in [0.05, 0.1) is 12.9 Å². The van der Waals surface area contributed by atoms with Gasteiger partial charge in [0.15, 0.2) is 0 Å². The number of carbonyl (C=O) groups excluding carboxylic acids is 1. The number of aromatic nitrogens is 2. The molecule has 96 valence electrons. The number of primary amides is 1. The number of nitrogens with two attached hydrogens (primary N) is 1. The first-order valence-electron chi connectivity index (χ1n) is 4.76. The number of rotatable bonds is 5. The van der Waals surface area contributed by atoms with Gasteiger partial charge >= 0.3 is 0 Å². The van der Waals surface area contributed by atoms with Crippen molar-refractivity contribution in [1.82, 2.24) is 13.9 Å². The van der Waals surface area contributed by atoms with Crippen molar-refractivity contribution in [2.24, 2.45) is 12.8 Å². The predicted molar refractivity (Wildman–Crippen MR) is 61.8 cm³/mol. The van der Waals surface area contributed by atoms with E-state index in [1.54, 1.807) is 14.0 Å². The third-order valence-corrected chi connectivity index (χ3v) is 4.52. The molecule has 0 radical (unpaired) electrons. The highest BCUT2D eigenvalue weighted by Crippen LogP contribution is 2.22. The third-order valence-electron chi connectivity index (χ3n) is 2.10. The van der Waals surface area contributed by atoms with Gasteiger partial charge in [-0.3, -0.25) is 4.79 Å². The fourth-order valence-electron chi connectivity index (χ4n) is 1.23. The van der Waals surface area contributed by atoms with Crippen LogP contribution in [0.25, 0.3) is 0 Å². The van der Waals surface area contributed by atoms with Crippen molar-refractivity contribution in [1.29, 1.82) is 0 Å². The zero-order valence-corrected chi connectivity index (χ0v) is 11.0. The van der Waals surface area contributed by atoms with Gasteiger partial charge in [0.1, 0.15) is 5.15 Å². The van der Waals surface area contributed by atoms with Gasteiger partial charge in [-0.05, 0) is 0 Å². The predicted octanol–water partition coefficient (Wildman–Crippen LogP) is -0.431. The van der Waals surface area contributed by atoms with Crippen molar-refractivity contribution in [3.8, 4) is 0 Å². The Balaban J connectivity index is 3.17. The van der Waals surface area contributed by atoms with Crippen LogP contribution in [0.1, 0.15) is 6.92 Å². The summed E-state index contributed by atoms with van der Waals surface area (Å²) in [6, 6.07) is 0. The van der Waals surface area contributed by atoms with Crippen LogP contribution in [0.15, 0.2) is 11.4 Å². The van der Waals surface area contributed by atoms with Crippen LogP contribution in [-0.2, 0) is 21.9 Å². The van der Waals surface area contributed by atoms with Crippen LogP contribution in [0, 0.1) is 0 Å². The van der Waals surface area contributed by atoms with E-state index in [1.165, 1.54) is 10.9 Å². The Kier molecular flexibility index (Phi) is 4.12. The number of aryl methyl sites for hydroxylation is 1. The normalized spacial score (nSPS) is 12.0. The first-order chi connectivity index (χ1) is 7.80. The SMILES string of the molecule is CCN(CC(N)=O)S(=O)(=O)c1ncn(C)c1Cl. The number of hydrogen-bond donors (Lipinski definition) is 1. The van der Waals surface area contributed by atoms with E-state index in [9.17, 15) is 13.2 Å². The standard InChI is InChI=1S/C8H13ClN4O3S/c1-3-13(4-6(10)14)17(15,16)8-7(9)12(2)5-11-8/h5H,3-4H2,1-2H3,(H2,10,14). The summed E-state index contributed by atoms with van der Waals surface area (Å²) < 4.78 is 26.5. The molecule has 0 aliphatic rings. The number of amides is 1. The summed E-state index contributed by atoms with van der Waals surface area (Å²) in [7, 11) is -2.32. The molecule has 1 heterocycles. The van der Waals surface area contributed by atoms with Gasteiger partial charge in [0.2, 0.25) is 10.9 Å². The van der Waals surface area contributed by atoms with Gasteiger partial charge in [-0.2, -0.15) is 4.31 Å². The van der Waals surface area contributed by atoms with Gasteiger partial charge in [-0.15, -0.1) is 0 Å². The molecule has 0 saturated carbocycles. The highest BCUT2D eigenvalue weighted by Gasteiger charge is 2.29. The summed E-state index contributed by atoms with van der Waals surface area (Å²) in [6.07, 6.45) is 1.29. The molecule has 7 nitrogen and oxygen atoms in total. The number of hydrogen-bond acceptors (Lipinski definition) is 4. The first kappa shape index (κ1) is 13.9. The molecule has 0 saturated heterocycles. The van der Waals surface area contributed by atoms with Crippen molar-refractivity contribution in [2.45, 2.75) is 11.9 Å². The van der Waals surface area contributed by atoms with Crippen LogP contribution in [-0.4, -0.2) is 41.3 Å². The summed E-state index contributed by atoms with van der Waals surface area (Å²) in [5.74, 6) is -0.734. The van der Waals surface area contributed by atoms with Crippen LogP contribution in [0.2, 0.25) is 5.15 Å². The second-order valence-corrected chi connectivity index (χ2v) is 5.56. The second kappa shape index (κ2) is 5.03. The number of nitrogens with zero attached hydrogens (tertiary/aromatic N) is 3. The number of sulfonamides is 1. The van der Waals surface area contributed by atoms with Gasteiger partial charge in [0, 0.05) is 13.6 Å². The molecule has 1 aromatic heterocycles. The van der Waals surface area contributed by atoms with E-state index in [0.717, 1.165) is 4.31 Å². The largest absolute Gasteiger partial charge is 0.369 e. The van der Waals surface area contributed by atoms with E-state index in [4.69, 9.17) is 17.3 Å². The average Bonchev–Trinajstić information content (AvgIpc) is 2.56. The van der Waals surface area contributed by atoms with E-state index >= 15 is 0 Å². The minimum atomic E-state index is -3.89. The number of carbonyl (C=O) groups is 1. The molecule has 0 spiro atoms. The highest BCUT2D eigenvalue weighted by molar-refractivity contribution is 7.89. The smallest absolute Gasteiger partial charge is 0.264 e. The Hall–Kier alpha value is -1.12. The number of likely N-dealkylation sites (N-methyl/N-ethyl adjacent to an activating group) is 1. The van der Waals surface area contributed by atoms with Crippen molar-refractivity contribution in [2.75, 3.05) is 13.1 Å². The van der Waals surface area contributed by atoms with Gasteiger partial charge in [-0.1, -0.05) is 18.5 Å². The molecule has 0 aromatic carbocycles. The van der Waals surface area contributed by atoms with E-state index < -0.39 is 22.5 Å². The zero-order chi connectivity index (χ0) is 13.2. The quantitative estimate of drug-likeness (QED) is 0.791. The summed E-state index contributed by atoms with van der Waals surface area (Å²) in [5.41, 5.74) is 4.98. The monoisotopic (exact) mass is 280 g/mol. The lowest BCUT2D eigenvalue weighted by molar-refractivity contribution is -0.118. The lowest BCUT2D eigenvalue weighted by Crippen LogP contribution is -2.38. The maximum absolute atomic E-state index is 12.1. The Bertz CT molecular complexity index is 525. The molecule has 1 rings (SSSR count). The fourth-order valence-corrected chi connectivity index (χ4v) is 3.03. The lowest BCUT2D eigenvalue weighted by Gasteiger charge is -2.17. The van der Waals surface area contributed by atoms with E-state index in [-0.39, 0.29) is 16.7 Å². The van der Waals surface area contributed by atoms with E-state index in [0.29, 0.717) is 0 Å². The minimum absolute atomic E-state index is 0.00656. The maximum Gasteiger partial charge on any atom is 0.264 e. The summed E-state index contributed by atoms with van der Waals surface area (Å²) >= 11 is 5.81. The van der Waals surface area contributed by atoms with Crippen molar-refractivity contribution in [3.63, 3.8) is 0 Å². The molecule has 1 aromatic rings. The van der Waals surface area contributed by atoms with E-state index in [1.807, 2.05) is 0 Å².